The van der Waals surface area contributed by atoms with E-state index in [0.29, 0.717) is 19.6 Å². The lowest BCUT2D eigenvalue weighted by atomic mass is 10.0. The SMILES string of the molecule is COCC1CCCN1C(=O)[C@H](Cc1ccc(O)cc1)NC(C)=O. The van der Waals surface area contributed by atoms with Crippen LogP contribution in [-0.4, -0.2) is 54.2 Å². The van der Waals surface area contributed by atoms with Crippen LogP contribution >= 0.6 is 0 Å². The molecule has 1 fully saturated rings. The molecule has 1 heterocycles. The smallest absolute Gasteiger partial charge is 0.245 e. The van der Waals surface area contributed by atoms with E-state index in [4.69, 9.17) is 4.74 Å². The molecule has 1 aliphatic rings. The molecule has 0 saturated carbocycles. The van der Waals surface area contributed by atoms with Crippen LogP contribution in [0.2, 0.25) is 0 Å². The first-order chi connectivity index (χ1) is 11.0. The van der Waals surface area contributed by atoms with Crippen molar-refractivity contribution in [1.82, 2.24) is 10.2 Å². The van der Waals surface area contributed by atoms with Crippen molar-refractivity contribution < 1.29 is 19.4 Å². The van der Waals surface area contributed by atoms with Crippen LogP contribution in [0, 0.1) is 0 Å². The topological polar surface area (TPSA) is 78.9 Å². The molecule has 2 N–H and O–H groups in total. The fraction of sp³-hybridized carbons (Fsp3) is 0.529. The molecular weight excluding hydrogens is 296 g/mol. The van der Waals surface area contributed by atoms with Crippen molar-refractivity contribution in [3.8, 4) is 5.75 Å². The van der Waals surface area contributed by atoms with Gasteiger partial charge in [-0.3, -0.25) is 9.59 Å². The highest BCUT2D eigenvalue weighted by molar-refractivity contribution is 5.87. The average Bonchev–Trinajstić information content (AvgIpc) is 2.96. The summed E-state index contributed by atoms with van der Waals surface area (Å²) < 4.78 is 5.19. The molecule has 1 aliphatic heterocycles. The zero-order valence-electron chi connectivity index (χ0n) is 13.6. The van der Waals surface area contributed by atoms with Crippen LogP contribution < -0.4 is 5.32 Å². The maximum Gasteiger partial charge on any atom is 0.245 e. The Morgan fingerprint density at radius 2 is 2.09 bits per heavy atom. The molecule has 1 aromatic carbocycles. The Morgan fingerprint density at radius 1 is 1.39 bits per heavy atom. The number of phenols is 1. The van der Waals surface area contributed by atoms with Gasteiger partial charge in [-0.2, -0.15) is 0 Å². The van der Waals surface area contributed by atoms with E-state index in [9.17, 15) is 14.7 Å². The van der Waals surface area contributed by atoms with E-state index in [0.717, 1.165) is 18.4 Å². The summed E-state index contributed by atoms with van der Waals surface area (Å²) in [4.78, 5) is 26.1. The van der Waals surface area contributed by atoms with Gasteiger partial charge >= 0.3 is 0 Å². The number of nitrogens with zero attached hydrogens (tertiary/aromatic N) is 1. The Balaban J connectivity index is 2.11. The molecular formula is C17H24N2O4. The lowest BCUT2D eigenvalue weighted by molar-refractivity contribution is -0.137. The molecule has 6 heteroatoms. The number of amides is 2. The van der Waals surface area contributed by atoms with E-state index in [-0.39, 0.29) is 23.6 Å². The third kappa shape index (κ3) is 4.69. The molecule has 2 atom stereocenters. The van der Waals surface area contributed by atoms with Crippen LogP contribution in [-0.2, 0) is 20.7 Å². The molecule has 0 radical (unpaired) electrons. The number of likely N-dealkylation sites (tertiary alicyclic amines) is 1. The predicted octanol–water partition coefficient (Wildman–Crippen LogP) is 1.08. The first kappa shape index (κ1) is 17.3. The largest absolute Gasteiger partial charge is 0.508 e. The summed E-state index contributed by atoms with van der Waals surface area (Å²) >= 11 is 0. The van der Waals surface area contributed by atoms with Gasteiger partial charge in [-0.1, -0.05) is 12.1 Å². The molecule has 2 rings (SSSR count). The average molecular weight is 320 g/mol. The molecule has 1 aromatic rings. The van der Waals surface area contributed by atoms with E-state index in [2.05, 4.69) is 5.32 Å². The van der Waals surface area contributed by atoms with Crippen LogP contribution in [0.5, 0.6) is 5.75 Å². The van der Waals surface area contributed by atoms with Crippen molar-refractivity contribution in [2.75, 3.05) is 20.3 Å². The molecule has 1 unspecified atom stereocenters. The molecule has 0 aromatic heterocycles. The van der Waals surface area contributed by atoms with Crippen molar-refractivity contribution in [1.29, 1.82) is 0 Å². The summed E-state index contributed by atoms with van der Waals surface area (Å²) in [5.74, 6) is -0.131. The number of methoxy groups -OCH3 is 1. The highest BCUT2D eigenvalue weighted by atomic mass is 16.5. The second-order valence-corrected chi connectivity index (χ2v) is 5.91. The van der Waals surface area contributed by atoms with Gasteiger partial charge in [0.15, 0.2) is 0 Å². The van der Waals surface area contributed by atoms with Crippen LogP contribution in [0.15, 0.2) is 24.3 Å². The summed E-state index contributed by atoms with van der Waals surface area (Å²) in [5, 5.41) is 12.1. The highest BCUT2D eigenvalue weighted by Crippen LogP contribution is 2.20. The second-order valence-electron chi connectivity index (χ2n) is 5.91. The normalized spacial score (nSPS) is 18.7. The Morgan fingerprint density at radius 3 is 2.70 bits per heavy atom. The summed E-state index contributed by atoms with van der Waals surface area (Å²) in [5.41, 5.74) is 0.886. The number of benzene rings is 1. The van der Waals surface area contributed by atoms with Gasteiger partial charge in [-0.05, 0) is 30.5 Å². The molecule has 2 amide bonds. The van der Waals surface area contributed by atoms with Gasteiger partial charge < -0.3 is 20.1 Å². The quantitative estimate of drug-likeness (QED) is 0.822. The van der Waals surface area contributed by atoms with Gasteiger partial charge in [-0.15, -0.1) is 0 Å². The van der Waals surface area contributed by atoms with Gasteiger partial charge in [0.1, 0.15) is 11.8 Å². The van der Waals surface area contributed by atoms with Crippen LogP contribution in [0.4, 0.5) is 0 Å². The maximum atomic E-state index is 12.8. The molecule has 6 nitrogen and oxygen atoms in total. The highest BCUT2D eigenvalue weighted by Gasteiger charge is 2.33. The van der Waals surface area contributed by atoms with E-state index in [1.165, 1.54) is 6.92 Å². The number of carbonyl (C=O) groups is 2. The minimum absolute atomic E-state index is 0.0728. The number of phenolic OH excluding ortho intramolecular Hbond substituents is 1. The number of hydrogen-bond donors (Lipinski definition) is 2. The van der Waals surface area contributed by atoms with Gasteiger partial charge in [0.2, 0.25) is 11.8 Å². The Kier molecular flexibility index (Phi) is 5.98. The molecule has 23 heavy (non-hydrogen) atoms. The maximum absolute atomic E-state index is 12.8. The number of rotatable bonds is 6. The zero-order valence-corrected chi connectivity index (χ0v) is 13.6. The summed E-state index contributed by atoms with van der Waals surface area (Å²) in [7, 11) is 1.63. The summed E-state index contributed by atoms with van der Waals surface area (Å²) in [6.07, 6.45) is 2.27. The van der Waals surface area contributed by atoms with E-state index in [1.807, 2.05) is 4.90 Å². The van der Waals surface area contributed by atoms with E-state index >= 15 is 0 Å². The Labute approximate surface area is 136 Å². The number of hydrogen-bond acceptors (Lipinski definition) is 4. The van der Waals surface area contributed by atoms with Crippen molar-refractivity contribution in [2.24, 2.45) is 0 Å². The molecule has 0 bridgehead atoms. The van der Waals surface area contributed by atoms with E-state index < -0.39 is 6.04 Å². The first-order valence-corrected chi connectivity index (χ1v) is 7.85. The zero-order chi connectivity index (χ0) is 16.8. The third-order valence-corrected chi connectivity index (χ3v) is 4.07. The van der Waals surface area contributed by atoms with Crippen molar-refractivity contribution in [2.45, 2.75) is 38.3 Å². The van der Waals surface area contributed by atoms with E-state index in [1.54, 1.807) is 31.4 Å². The van der Waals surface area contributed by atoms with Gasteiger partial charge in [0.25, 0.3) is 0 Å². The van der Waals surface area contributed by atoms with Gasteiger partial charge in [-0.25, -0.2) is 0 Å². The number of aromatic hydroxyl groups is 1. The number of ether oxygens (including phenoxy) is 1. The second kappa shape index (κ2) is 7.97. The fourth-order valence-electron chi connectivity index (χ4n) is 3.00. The van der Waals surface area contributed by atoms with Crippen molar-refractivity contribution in [3.05, 3.63) is 29.8 Å². The molecule has 126 valence electrons. The van der Waals surface area contributed by atoms with Gasteiger partial charge in [0, 0.05) is 27.0 Å². The minimum atomic E-state index is -0.602. The standard InChI is InChI=1S/C17H24N2O4/c1-12(20)18-16(10-13-5-7-15(21)8-6-13)17(22)19-9-3-4-14(19)11-23-2/h5-8,14,16,21H,3-4,9-11H2,1-2H3,(H,18,20)/t14?,16-/m0/s1. The van der Waals surface area contributed by atoms with Crippen molar-refractivity contribution >= 4 is 11.8 Å². The summed E-state index contributed by atoms with van der Waals surface area (Å²) in [6.45, 7) is 2.62. The Bertz CT molecular complexity index is 544. The van der Waals surface area contributed by atoms with Gasteiger partial charge in [0.05, 0.1) is 12.6 Å². The monoisotopic (exact) mass is 320 g/mol. The predicted molar refractivity (Wildman–Crippen MR) is 86.0 cm³/mol. The Hall–Kier alpha value is -2.08. The summed E-state index contributed by atoms with van der Waals surface area (Å²) in [6, 6.07) is 6.14. The number of nitrogens with one attached hydrogen (secondary N) is 1. The lowest BCUT2D eigenvalue weighted by Crippen LogP contribution is -2.51. The van der Waals surface area contributed by atoms with Crippen LogP contribution in [0.3, 0.4) is 0 Å². The fourth-order valence-corrected chi connectivity index (χ4v) is 3.00. The van der Waals surface area contributed by atoms with Crippen LogP contribution in [0.1, 0.15) is 25.3 Å². The molecule has 0 spiro atoms. The first-order valence-electron chi connectivity index (χ1n) is 7.85. The molecule has 1 saturated heterocycles. The molecule has 0 aliphatic carbocycles. The third-order valence-electron chi connectivity index (χ3n) is 4.07. The number of carbonyl (C=O) groups excluding carboxylic acids is 2. The minimum Gasteiger partial charge on any atom is -0.508 e. The lowest BCUT2D eigenvalue weighted by Gasteiger charge is -2.29. The van der Waals surface area contributed by atoms with Crippen LogP contribution in [0.25, 0.3) is 0 Å². The van der Waals surface area contributed by atoms with Crippen molar-refractivity contribution in [3.63, 3.8) is 0 Å².